The van der Waals surface area contributed by atoms with Gasteiger partial charge in [0.15, 0.2) is 5.58 Å². The summed E-state index contributed by atoms with van der Waals surface area (Å²) in [5, 5.41) is 3.65. The zero-order valence-corrected chi connectivity index (χ0v) is 19.9. The van der Waals surface area contributed by atoms with Gasteiger partial charge in [0.25, 0.3) is 0 Å². The minimum Gasteiger partial charge on any atom is -0.495 e. The van der Waals surface area contributed by atoms with Gasteiger partial charge in [-0.2, -0.15) is 0 Å². The van der Waals surface area contributed by atoms with Crippen LogP contribution in [0.25, 0.3) is 28.6 Å². The summed E-state index contributed by atoms with van der Waals surface area (Å²) in [4.78, 5) is 17.0. The highest BCUT2D eigenvalue weighted by Crippen LogP contribution is 2.33. The summed E-state index contributed by atoms with van der Waals surface area (Å²) in [5.74, 6) is 1.12. The first-order chi connectivity index (χ1) is 15.8. The van der Waals surface area contributed by atoms with E-state index in [0.717, 1.165) is 5.56 Å². The fourth-order valence-electron chi connectivity index (χ4n) is 3.41. The first-order valence-corrected chi connectivity index (χ1v) is 11.1. The number of hydrogen-bond acceptors (Lipinski definition) is 4. The van der Waals surface area contributed by atoms with Gasteiger partial charge in [-0.05, 0) is 60.0 Å². The monoisotopic (exact) mass is 480 g/mol. The van der Waals surface area contributed by atoms with Crippen LogP contribution in [0.1, 0.15) is 30.9 Å². The van der Waals surface area contributed by atoms with Crippen molar-refractivity contribution in [2.75, 3.05) is 12.4 Å². The largest absolute Gasteiger partial charge is 0.495 e. The van der Waals surface area contributed by atoms with Crippen LogP contribution in [-0.4, -0.2) is 18.0 Å². The predicted octanol–water partition coefficient (Wildman–Crippen LogP) is 7.59. The molecular weight excluding hydrogens is 459 g/mol. The van der Waals surface area contributed by atoms with E-state index in [1.807, 2.05) is 12.1 Å². The molecule has 0 saturated carbocycles. The van der Waals surface area contributed by atoms with Gasteiger partial charge >= 0.3 is 0 Å². The van der Waals surface area contributed by atoms with Gasteiger partial charge in [0.05, 0.1) is 12.1 Å². The quantitative estimate of drug-likeness (QED) is 0.288. The Morgan fingerprint density at radius 1 is 1.09 bits per heavy atom. The minimum atomic E-state index is -0.319. The summed E-state index contributed by atoms with van der Waals surface area (Å²) in [6.45, 7) is 4.31. The lowest BCUT2D eigenvalue weighted by Gasteiger charge is -2.08. The first-order valence-electron chi connectivity index (χ1n) is 10.4. The number of oxazole rings is 1. The summed E-state index contributed by atoms with van der Waals surface area (Å²) in [7, 11) is 1.51. The van der Waals surface area contributed by atoms with E-state index in [4.69, 9.17) is 32.4 Å². The van der Waals surface area contributed by atoms with Crippen LogP contribution < -0.4 is 10.1 Å². The fourth-order valence-corrected chi connectivity index (χ4v) is 3.99. The molecule has 0 fully saturated rings. The number of benzene rings is 3. The number of fused-ring (bicyclic) bond motifs is 1. The fraction of sp³-hybridized carbons (Fsp3) is 0.154. The number of anilines is 1. The van der Waals surface area contributed by atoms with Crippen molar-refractivity contribution in [1.29, 1.82) is 0 Å². The Kier molecular flexibility index (Phi) is 6.72. The third-order valence-electron chi connectivity index (χ3n) is 5.13. The molecule has 0 radical (unpaired) electrons. The molecule has 0 saturated heterocycles. The molecular formula is C26H22Cl2N2O3. The third-order valence-corrected chi connectivity index (χ3v) is 5.63. The number of ether oxygens (including phenoxy) is 1. The molecule has 33 heavy (non-hydrogen) atoms. The summed E-state index contributed by atoms with van der Waals surface area (Å²) in [6.07, 6.45) is 2.98. The lowest BCUT2D eigenvalue weighted by atomic mass is 10.0. The van der Waals surface area contributed by atoms with Gasteiger partial charge in [-0.15, -0.1) is 0 Å². The number of aromatic nitrogens is 1. The standard InChI is InChI=1S/C26H22Cl2N2O3/c1-15(2)16-4-6-17(7-5-16)26-30-22-14-20(9-10-23(22)33-26)29-24(31)11-8-18-12-19(27)13-21(28)25(18)32-3/h4-15H,1-3H3,(H,29,31)/b11-8+. The van der Waals surface area contributed by atoms with Gasteiger partial charge in [0, 0.05) is 27.9 Å². The molecule has 4 rings (SSSR count). The van der Waals surface area contributed by atoms with Crippen molar-refractivity contribution in [3.8, 4) is 17.2 Å². The molecule has 0 spiro atoms. The van der Waals surface area contributed by atoms with Crippen molar-refractivity contribution in [3.05, 3.63) is 81.8 Å². The van der Waals surface area contributed by atoms with E-state index < -0.39 is 0 Å². The number of hydrogen-bond donors (Lipinski definition) is 1. The normalized spacial score (nSPS) is 11.5. The van der Waals surface area contributed by atoms with Gasteiger partial charge in [-0.25, -0.2) is 4.98 Å². The van der Waals surface area contributed by atoms with Crippen LogP contribution in [0.2, 0.25) is 10.0 Å². The van der Waals surface area contributed by atoms with E-state index in [0.29, 0.717) is 50.0 Å². The average molecular weight is 481 g/mol. The van der Waals surface area contributed by atoms with Crippen molar-refractivity contribution in [1.82, 2.24) is 4.98 Å². The van der Waals surface area contributed by atoms with Crippen molar-refractivity contribution in [3.63, 3.8) is 0 Å². The lowest BCUT2D eigenvalue weighted by molar-refractivity contribution is -0.111. The molecule has 1 aromatic heterocycles. The van der Waals surface area contributed by atoms with Crippen molar-refractivity contribution < 1.29 is 13.9 Å². The molecule has 0 bridgehead atoms. The van der Waals surface area contributed by atoms with E-state index in [1.165, 1.54) is 18.7 Å². The summed E-state index contributed by atoms with van der Waals surface area (Å²) in [5.41, 5.74) is 4.66. The van der Waals surface area contributed by atoms with Gasteiger partial charge in [0.1, 0.15) is 11.3 Å². The molecule has 0 aliphatic carbocycles. The number of nitrogens with one attached hydrogen (secondary N) is 1. The van der Waals surface area contributed by atoms with Gasteiger partial charge < -0.3 is 14.5 Å². The number of carbonyl (C=O) groups is 1. The molecule has 1 amide bonds. The Balaban J connectivity index is 1.51. The van der Waals surface area contributed by atoms with Crippen molar-refractivity contribution in [2.24, 2.45) is 0 Å². The Morgan fingerprint density at radius 3 is 2.55 bits per heavy atom. The molecule has 4 aromatic rings. The number of methoxy groups -OCH3 is 1. The van der Waals surface area contributed by atoms with E-state index in [1.54, 1.807) is 36.4 Å². The Bertz CT molecular complexity index is 1340. The molecule has 0 atom stereocenters. The zero-order chi connectivity index (χ0) is 23.5. The average Bonchev–Trinajstić information content (AvgIpc) is 3.21. The zero-order valence-electron chi connectivity index (χ0n) is 18.4. The smallest absolute Gasteiger partial charge is 0.248 e. The van der Waals surface area contributed by atoms with Crippen molar-refractivity contribution in [2.45, 2.75) is 19.8 Å². The van der Waals surface area contributed by atoms with Crippen LogP contribution in [0.5, 0.6) is 5.75 Å². The number of amides is 1. The molecule has 3 aromatic carbocycles. The summed E-state index contributed by atoms with van der Waals surface area (Å²) >= 11 is 12.2. The van der Waals surface area contributed by atoms with E-state index >= 15 is 0 Å². The lowest BCUT2D eigenvalue weighted by Crippen LogP contribution is -2.07. The van der Waals surface area contributed by atoms with Crippen LogP contribution in [0.3, 0.4) is 0 Å². The Morgan fingerprint density at radius 2 is 1.85 bits per heavy atom. The Labute approximate surface area is 202 Å². The molecule has 1 heterocycles. The second kappa shape index (κ2) is 9.69. The number of carbonyl (C=O) groups excluding carboxylic acids is 1. The highest BCUT2D eigenvalue weighted by molar-refractivity contribution is 6.36. The molecule has 7 heteroatoms. The second-order valence-corrected chi connectivity index (χ2v) is 8.65. The van der Waals surface area contributed by atoms with Crippen LogP contribution in [0, 0.1) is 0 Å². The van der Waals surface area contributed by atoms with Crippen LogP contribution in [0.15, 0.2) is 65.1 Å². The van der Waals surface area contributed by atoms with Gasteiger partial charge in [-0.3, -0.25) is 4.79 Å². The highest BCUT2D eigenvalue weighted by Gasteiger charge is 2.11. The highest BCUT2D eigenvalue weighted by atomic mass is 35.5. The molecule has 168 valence electrons. The molecule has 0 aliphatic heterocycles. The summed E-state index contributed by atoms with van der Waals surface area (Å²) < 4.78 is 11.2. The molecule has 0 unspecified atom stereocenters. The Hall–Kier alpha value is -3.28. The van der Waals surface area contributed by atoms with Crippen LogP contribution >= 0.6 is 23.2 Å². The van der Waals surface area contributed by atoms with Crippen LogP contribution in [0.4, 0.5) is 5.69 Å². The van der Waals surface area contributed by atoms with E-state index in [9.17, 15) is 4.79 Å². The molecule has 5 nitrogen and oxygen atoms in total. The van der Waals surface area contributed by atoms with E-state index in [-0.39, 0.29) is 5.91 Å². The topological polar surface area (TPSA) is 64.4 Å². The third kappa shape index (κ3) is 5.21. The maximum absolute atomic E-state index is 12.5. The minimum absolute atomic E-state index is 0.319. The maximum Gasteiger partial charge on any atom is 0.248 e. The number of halogens is 2. The first kappa shape index (κ1) is 22.9. The SMILES string of the molecule is COc1c(Cl)cc(Cl)cc1/C=C/C(=O)Nc1ccc2oc(-c3ccc(C(C)C)cc3)nc2c1. The predicted molar refractivity (Wildman–Crippen MR) is 134 cm³/mol. The van der Waals surface area contributed by atoms with Crippen molar-refractivity contribution >= 4 is 52.0 Å². The molecule has 0 aliphatic rings. The van der Waals surface area contributed by atoms with E-state index in [2.05, 4.69) is 36.3 Å². The second-order valence-electron chi connectivity index (χ2n) is 7.81. The van der Waals surface area contributed by atoms with Gasteiger partial charge in [-0.1, -0.05) is 49.2 Å². The van der Waals surface area contributed by atoms with Gasteiger partial charge in [0.2, 0.25) is 11.8 Å². The number of rotatable bonds is 6. The van der Waals surface area contributed by atoms with Crippen LogP contribution in [-0.2, 0) is 4.79 Å². The molecule has 1 N–H and O–H groups in total. The summed E-state index contributed by atoms with van der Waals surface area (Å²) in [6, 6.07) is 16.7. The number of nitrogens with zero attached hydrogens (tertiary/aromatic N) is 1. The maximum atomic E-state index is 12.5.